The number of rotatable bonds is 3. The summed E-state index contributed by atoms with van der Waals surface area (Å²) < 4.78 is 0. The number of Topliss-reactive ketones (excluding diaryl/α,β-unsaturated/α-hetero) is 2. The van der Waals surface area contributed by atoms with Crippen molar-refractivity contribution in [3.8, 4) is 0 Å². The lowest BCUT2D eigenvalue weighted by molar-refractivity contribution is -0.149. The zero-order chi connectivity index (χ0) is 12.8. The van der Waals surface area contributed by atoms with Crippen molar-refractivity contribution < 1.29 is 14.4 Å². The lowest BCUT2D eigenvalue weighted by Crippen LogP contribution is -2.51. The fraction of sp³-hybridized carbons (Fsp3) is 0.750. The van der Waals surface area contributed by atoms with Crippen LogP contribution in [-0.4, -0.2) is 30.6 Å². The second-order valence-corrected chi connectivity index (χ2v) is 5.46. The minimum atomic E-state index is -1.15. The Bertz CT molecular complexity index is 403. The second kappa shape index (κ2) is 3.63. The molecule has 2 saturated carbocycles. The Hall–Kier alpha value is -1.23. The minimum absolute atomic E-state index is 0.293. The Morgan fingerprint density at radius 3 is 2.59 bits per heavy atom. The van der Waals surface area contributed by atoms with Crippen LogP contribution in [0.15, 0.2) is 0 Å². The SMILES string of the molecule is CC1(C)C2CCC1(C(=O)NCCN)C(=O)C2=O. The molecule has 2 atom stereocenters. The Morgan fingerprint density at radius 1 is 1.47 bits per heavy atom. The van der Waals surface area contributed by atoms with Crippen LogP contribution in [0.4, 0.5) is 0 Å². The number of nitrogens with one attached hydrogen (secondary N) is 1. The molecule has 17 heavy (non-hydrogen) atoms. The number of amides is 1. The molecule has 0 aromatic rings. The fourth-order valence-electron chi connectivity index (χ4n) is 3.42. The van der Waals surface area contributed by atoms with Gasteiger partial charge in [0.2, 0.25) is 17.5 Å². The molecule has 5 heteroatoms. The average Bonchev–Trinajstić information content (AvgIpc) is 2.62. The summed E-state index contributed by atoms with van der Waals surface area (Å²) >= 11 is 0. The van der Waals surface area contributed by atoms with Gasteiger partial charge < -0.3 is 11.1 Å². The smallest absolute Gasteiger partial charge is 0.234 e. The van der Waals surface area contributed by atoms with Gasteiger partial charge in [0.25, 0.3) is 0 Å². The van der Waals surface area contributed by atoms with Crippen molar-refractivity contribution >= 4 is 17.5 Å². The Labute approximate surface area is 100 Å². The Morgan fingerprint density at radius 2 is 2.12 bits per heavy atom. The lowest BCUT2D eigenvalue weighted by Gasteiger charge is -2.33. The molecule has 3 N–H and O–H groups in total. The molecule has 0 heterocycles. The van der Waals surface area contributed by atoms with Crippen LogP contribution in [0.25, 0.3) is 0 Å². The van der Waals surface area contributed by atoms with Crippen LogP contribution in [0.5, 0.6) is 0 Å². The van der Waals surface area contributed by atoms with Crippen molar-refractivity contribution in [3.05, 3.63) is 0 Å². The summed E-state index contributed by atoms with van der Waals surface area (Å²) in [6, 6.07) is 0. The van der Waals surface area contributed by atoms with E-state index in [0.717, 1.165) is 0 Å². The third-order valence-corrected chi connectivity index (χ3v) is 4.52. The number of ketones is 2. The van der Waals surface area contributed by atoms with Gasteiger partial charge in [-0.2, -0.15) is 0 Å². The van der Waals surface area contributed by atoms with E-state index in [-0.39, 0.29) is 17.6 Å². The zero-order valence-corrected chi connectivity index (χ0v) is 10.2. The highest BCUT2D eigenvalue weighted by atomic mass is 16.2. The number of nitrogens with two attached hydrogens (primary N) is 1. The van der Waals surface area contributed by atoms with Crippen LogP contribution in [0.1, 0.15) is 26.7 Å². The molecule has 2 rings (SSSR count). The van der Waals surface area contributed by atoms with E-state index in [1.165, 1.54) is 0 Å². The molecule has 2 aliphatic carbocycles. The number of fused-ring (bicyclic) bond motifs is 2. The predicted molar refractivity (Wildman–Crippen MR) is 61.0 cm³/mol. The quantitative estimate of drug-likeness (QED) is 0.519. The van der Waals surface area contributed by atoms with Crippen LogP contribution in [-0.2, 0) is 14.4 Å². The first-order valence-electron chi connectivity index (χ1n) is 5.96. The highest BCUT2D eigenvalue weighted by Gasteiger charge is 2.72. The van der Waals surface area contributed by atoms with Gasteiger partial charge in [-0.1, -0.05) is 13.8 Å². The number of carbonyl (C=O) groups excluding carboxylic acids is 3. The molecule has 0 aromatic carbocycles. The molecule has 2 fully saturated rings. The summed E-state index contributed by atoms with van der Waals surface area (Å²) in [6.45, 7) is 4.35. The molecule has 0 radical (unpaired) electrons. The first-order chi connectivity index (χ1) is 7.89. The van der Waals surface area contributed by atoms with Crippen molar-refractivity contribution in [1.29, 1.82) is 0 Å². The summed E-state index contributed by atoms with van der Waals surface area (Å²) in [6.07, 6.45) is 1.11. The highest BCUT2D eigenvalue weighted by Crippen LogP contribution is 2.62. The molecule has 2 unspecified atom stereocenters. The van der Waals surface area contributed by atoms with Gasteiger partial charge in [0.15, 0.2) is 0 Å². The van der Waals surface area contributed by atoms with E-state index in [1.807, 2.05) is 13.8 Å². The highest BCUT2D eigenvalue weighted by molar-refractivity contribution is 6.47. The summed E-state index contributed by atoms with van der Waals surface area (Å²) in [4.78, 5) is 36.1. The summed E-state index contributed by atoms with van der Waals surface area (Å²) in [5, 5.41) is 2.66. The van der Waals surface area contributed by atoms with E-state index >= 15 is 0 Å². The van der Waals surface area contributed by atoms with Crippen LogP contribution in [0.3, 0.4) is 0 Å². The Kier molecular flexibility index (Phi) is 2.61. The first-order valence-corrected chi connectivity index (χ1v) is 5.96. The van der Waals surface area contributed by atoms with Gasteiger partial charge in [-0.25, -0.2) is 0 Å². The Balaban J connectivity index is 2.38. The van der Waals surface area contributed by atoms with Crippen LogP contribution in [0.2, 0.25) is 0 Å². The molecule has 0 spiro atoms. The van der Waals surface area contributed by atoms with E-state index in [0.29, 0.717) is 25.9 Å². The normalized spacial score (nSPS) is 34.2. The van der Waals surface area contributed by atoms with Crippen molar-refractivity contribution in [2.24, 2.45) is 22.5 Å². The van der Waals surface area contributed by atoms with Crippen molar-refractivity contribution in [1.82, 2.24) is 5.32 Å². The molecular weight excluding hydrogens is 220 g/mol. The summed E-state index contributed by atoms with van der Waals surface area (Å²) in [5.74, 6) is -1.50. The molecule has 0 aromatic heterocycles. The molecule has 2 aliphatic rings. The molecule has 5 nitrogen and oxygen atoms in total. The number of carbonyl (C=O) groups is 3. The van der Waals surface area contributed by atoms with Gasteiger partial charge in [-0.15, -0.1) is 0 Å². The number of hydrogen-bond acceptors (Lipinski definition) is 4. The van der Waals surface area contributed by atoms with Crippen LogP contribution < -0.4 is 11.1 Å². The molecule has 0 saturated heterocycles. The largest absolute Gasteiger partial charge is 0.354 e. The number of hydrogen-bond donors (Lipinski definition) is 2. The monoisotopic (exact) mass is 238 g/mol. The molecular formula is C12H18N2O3. The van der Waals surface area contributed by atoms with Crippen LogP contribution >= 0.6 is 0 Å². The van der Waals surface area contributed by atoms with E-state index in [2.05, 4.69) is 5.32 Å². The first kappa shape index (κ1) is 12.2. The van der Waals surface area contributed by atoms with E-state index < -0.39 is 16.6 Å². The maximum atomic E-state index is 12.2. The topological polar surface area (TPSA) is 89.3 Å². The van der Waals surface area contributed by atoms with Crippen LogP contribution in [0, 0.1) is 16.7 Å². The maximum Gasteiger partial charge on any atom is 0.234 e. The molecule has 1 amide bonds. The summed E-state index contributed by atoms with van der Waals surface area (Å²) in [7, 11) is 0. The average molecular weight is 238 g/mol. The third-order valence-electron chi connectivity index (χ3n) is 4.52. The van der Waals surface area contributed by atoms with Gasteiger partial charge in [-0.3, -0.25) is 14.4 Å². The molecule has 2 bridgehead atoms. The van der Waals surface area contributed by atoms with Crippen molar-refractivity contribution in [3.63, 3.8) is 0 Å². The maximum absolute atomic E-state index is 12.2. The van der Waals surface area contributed by atoms with Gasteiger partial charge >= 0.3 is 0 Å². The van der Waals surface area contributed by atoms with Crippen molar-refractivity contribution in [2.45, 2.75) is 26.7 Å². The van der Waals surface area contributed by atoms with Gasteiger partial charge in [-0.05, 0) is 18.3 Å². The second-order valence-electron chi connectivity index (χ2n) is 5.46. The standard InChI is InChI=1S/C12H18N2O3/c1-11(2)7-3-4-12(11,9(16)8(7)15)10(17)14-6-5-13/h7H,3-6,13H2,1-2H3,(H,14,17). The van der Waals surface area contributed by atoms with E-state index in [4.69, 9.17) is 5.73 Å². The van der Waals surface area contributed by atoms with E-state index in [1.54, 1.807) is 0 Å². The van der Waals surface area contributed by atoms with E-state index in [9.17, 15) is 14.4 Å². The zero-order valence-electron chi connectivity index (χ0n) is 10.2. The third kappa shape index (κ3) is 1.26. The lowest BCUT2D eigenvalue weighted by atomic mass is 9.68. The minimum Gasteiger partial charge on any atom is -0.354 e. The predicted octanol–water partition coefficient (Wildman–Crippen LogP) is -0.364. The molecule has 94 valence electrons. The van der Waals surface area contributed by atoms with Gasteiger partial charge in [0.1, 0.15) is 5.41 Å². The molecule has 0 aliphatic heterocycles. The van der Waals surface area contributed by atoms with Gasteiger partial charge in [0.05, 0.1) is 0 Å². The van der Waals surface area contributed by atoms with Crippen molar-refractivity contribution in [2.75, 3.05) is 13.1 Å². The van der Waals surface area contributed by atoms with Gasteiger partial charge in [0, 0.05) is 19.0 Å². The fourth-order valence-corrected chi connectivity index (χ4v) is 3.42. The summed E-state index contributed by atoms with van der Waals surface area (Å²) in [5.41, 5.74) is 3.61.